The topological polar surface area (TPSA) is 17.1 Å². The minimum atomic E-state index is 0.223. The van der Waals surface area contributed by atoms with E-state index in [-0.39, 0.29) is 5.92 Å². The monoisotopic (exact) mass is 228 g/mol. The van der Waals surface area contributed by atoms with Crippen LogP contribution in [0.4, 0.5) is 0 Å². The van der Waals surface area contributed by atoms with Gasteiger partial charge in [-0.3, -0.25) is 4.79 Å². The number of carbonyl (C=O) groups is 1. The van der Waals surface area contributed by atoms with Crippen molar-refractivity contribution in [2.75, 3.05) is 0 Å². The highest BCUT2D eigenvalue weighted by Crippen LogP contribution is 2.49. The van der Waals surface area contributed by atoms with E-state index in [9.17, 15) is 4.79 Å². The molecule has 0 spiro atoms. The molecule has 1 aromatic carbocycles. The van der Waals surface area contributed by atoms with E-state index >= 15 is 0 Å². The largest absolute Gasteiger partial charge is 0.293 e. The second-order valence-electron chi connectivity index (χ2n) is 4.20. The van der Waals surface area contributed by atoms with Gasteiger partial charge in [-0.25, -0.2) is 0 Å². The minimum absolute atomic E-state index is 0.223. The molecule has 0 aliphatic heterocycles. The molecule has 0 bridgehead atoms. The van der Waals surface area contributed by atoms with Crippen LogP contribution in [0.1, 0.15) is 27.6 Å². The van der Waals surface area contributed by atoms with Gasteiger partial charge in [0.05, 0.1) is 4.88 Å². The van der Waals surface area contributed by atoms with Gasteiger partial charge in [0.15, 0.2) is 5.78 Å². The van der Waals surface area contributed by atoms with Gasteiger partial charge in [0.25, 0.3) is 0 Å². The van der Waals surface area contributed by atoms with Gasteiger partial charge >= 0.3 is 0 Å². The zero-order valence-corrected chi connectivity index (χ0v) is 9.61. The first kappa shape index (κ1) is 9.79. The third-order valence-electron chi connectivity index (χ3n) is 3.12. The molecular weight excluding hydrogens is 216 g/mol. The van der Waals surface area contributed by atoms with Crippen LogP contribution in [0.25, 0.3) is 0 Å². The molecule has 0 radical (unpaired) electrons. The van der Waals surface area contributed by atoms with Crippen molar-refractivity contribution in [3.63, 3.8) is 0 Å². The zero-order chi connectivity index (χ0) is 11.0. The summed E-state index contributed by atoms with van der Waals surface area (Å²) in [5, 5.41) is 1.97. The fourth-order valence-electron chi connectivity index (χ4n) is 2.15. The standard InChI is InChI=1S/C14H12OS/c15-14(13-7-4-8-16-13)12-9-11(12)10-5-2-1-3-6-10/h1-8,11-12H,9H2. The maximum Gasteiger partial charge on any atom is 0.176 e. The van der Waals surface area contributed by atoms with Crippen LogP contribution in [0, 0.1) is 5.92 Å². The smallest absolute Gasteiger partial charge is 0.176 e. The van der Waals surface area contributed by atoms with Crippen LogP contribution < -0.4 is 0 Å². The predicted molar refractivity (Wildman–Crippen MR) is 65.9 cm³/mol. The Balaban J connectivity index is 1.75. The third-order valence-corrected chi connectivity index (χ3v) is 4.00. The van der Waals surface area contributed by atoms with E-state index < -0.39 is 0 Å². The van der Waals surface area contributed by atoms with Gasteiger partial charge in [-0.15, -0.1) is 11.3 Å². The van der Waals surface area contributed by atoms with E-state index in [1.54, 1.807) is 11.3 Å². The normalized spacial score (nSPS) is 23.0. The molecule has 1 aromatic heterocycles. The third kappa shape index (κ3) is 1.69. The molecule has 2 atom stereocenters. The Morgan fingerprint density at radius 3 is 2.62 bits per heavy atom. The molecule has 1 saturated carbocycles. The summed E-state index contributed by atoms with van der Waals surface area (Å²) in [6, 6.07) is 14.2. The summed E-state index contributed by atoms with van der Waals surface area (Å²) in [6.07, 6.45) is 1.01. The van der Waals surface area contributed by atoms with Crippen LogP contribution in [0.5, 0.6) is 0 Å². The summed E-state index contributed by atoms with van der Waals surface area (Å²) in [4.78, 5) is 13.0. The van der Waals surface area contributed by atoms with Gasteiger partial charge in [0.1, 0.15) is 0 Å². The number of rotatable bonds is 3. The van der Waals surface area contributed by atoms with Crippen LogP contribution in [0.2, 0.25) is 0 Å². The van der Waals surface area contributed by atoms with Crippen molar-refractivity contribution in [1.29, 1.82) is 0 Å². The zero-order valence-electron chi connectivity index (χ0n) is 8.80. The Morgan fingerprint density at radius 1 is 1.12 bits per heavy atom. The lowest BCUT2D eigenvalue weighted by molar-refractivity contribution is 0.0969. The van der Waals surface area contributed by atoms with Crippen molar-refractivity contribution in [3.8, 4) is 0 Å². The van der Waals surface area contributed by atoms with Crippen molar-refractivity contribution in [3.05, 3.63) is 58.3 Å². The van der Waals surface area contributed by atoms with Crippen molar-refractivity contribution < 1.29 is 4.79 Å². The number of thiophene rings is 1. The van der Waals surface area contributed by atoms with Crippen molar-refractivity contribution >= 4 is 17.1 Å². The number of hydrogen-bond acceptors (Lipinski definition) is 2. The van der Waals surface area contributed by atoms with E-state index in [4.69, 9.17) is 0 Å². The maximum absolute atomic E-state index is 12.1. The van der Waals surface area contributed by atoms with E-state index in [2.05, 4.69) is 12.1 Å². The van der Waals surface area contributed by atoms with Crippen molar-refractivity contribution in [2.45, 2.75) is 12.3 Å². The van der Waals surface area contributed by atoms with Crippen LogP contribution in [-0.2, 0) is 0 Å². The number of ketones is 1. The van der Waals surface area contributed by atoms with Crippen molar-refractivity contribution in [1.82, 2.24) is 0 Å². The average Bonchev–Trinajstić information content (AvgIpc) is 2.95. The van der Waals surface area contributed by atoms with Crippen LogP contribution in [-0.4, -0.2) is 5.78 Å². The van der Waals surface area contributed by atoms with Crippen LogP contribution in [0.15, 0.2) is 47.8 Å². The Morgan fingerprint density at radius 2 is 1.94 bits per heavy atom. The molecule has 1 fully saturated rings. The fraction of sp³-hybridized carbons (Fsp3) is 0.214. The summed E-state index contributed by atoms with van der Waals surface area (Å²) < 4.78 is 0. The molecule has 2 aromatic rings. The van der Waals surface area contributed by atoms with E-state index in [0.29, 0.717) is 11.7 Å². The molecule has 16 heavy (non-hydrogen) atoms. The first-order valence-electron chi connectivity index (χ1n) is 5.49. The van der Waals surface area contributed by atoms with Gasteiger partial charge in [-0.2, -0.15) is 0 Å². The molecule has 1 aliphatic rings. The average molecular weight is 228 g/mol. The fourth-order valence-corrected chi connectivity index (χ4v) is 2.88. The first-order chi connectivity index (χ1) is 7.86. The predicted octanol–water partition coefficient (Wildman–Crippen LogP) is 3.73. The highest BCUT2D eigenvalue weighted by Gasteiger charge is 2.44. The van der Waals surface area contributed by atoms with Gasteiger partial charge in [-0.1, -0.05) is 36.4 Å². The summed E-state index contributed by atoms with van der Waals surface area (Å²) in [6.45, 7) is 0. The number of carbonyl (C=O) groups excluding carboxylic acids is 1. The summed E-state index contributed by atoms with van der Waals surface area (Å²) in [7, 11) is 0. The number of hydrogen-bond donors (Lipinski definition) is 0. The molecule has 1 heterocycles. The Hall–Kier alpha value is -1.41. The van der Waals surface area contributed by atoms with Crippen LogP contribution in [0.3, 0.4) is 0 Å². The highest BCUT2D eigenvalue weighted by atomic mass is 32.1. The Bertz CT molecular complexity index is 487. The highest BCUT2D eigenvalue weighted by molar-refractivity contribution is 7.12. The minimum Gasteiger partial charge on any atom is -0.293 e. The lowest BCUT2D eigenvalue weighted by Gasteiger charge is -1.98. The molecule has 2 heteroatoms. The first-order valence-corrected chi connectivity index (χ1v) is 6.37. The summed E-state index contributed by atoms with van der Waals surface area (Å²) >= 11 is 1.55. The lowest BCUT2D eigenvalue weighted by atomic mass is 10.1. The summed E-state index contributed by atoms with van der Waals surface area (Å²) in [5.41, 5.74) is 1.30. The van der Waals surface area contributed by atoms with Crippen molar-refractivity contribution in [2.24, 2.45) is 5.92 Å². The summed E-state index contributed by atoms with van der Waals surface area (Å²) in [5.74, 6) is 1.00. The number of benzene rings is 1. The lowest BCUT2D eigenvalue weighted by Crippen LogP contribution is -2.00. The maximum atomic E-state index is 12.1. The molecule has 3 rings (SSSR count). The van der Waals surface area contributed by atoms with E-state index in [0.717, 1.165) is 11.3 Å². The number of Topliss-reactive ketones (excluding diaryl/α,β-unsaturated/α-hetero) is 1. The van der Waals surface area contributed by atoms with Gasteiger partial charge in [0, 0.05) is 5.92 Å². The molecule has 0 amide bonds. The Labute approximate surface area is 98.7 Å². The van der Waals surface area contributed by atoms with E-state index in [1.165, 1.54) is 5.56 Å². The second kappa shape index (κ2) is 3.87. The van der Waals surface area contributed by atoms with Crippen LogP contribution >= 0.6 is 11.3 Å². The molecule has 1 nitrogen and oxygen atoms in total. The molecule has 1 aliphatic carbocycles. The van der Waals surface area contributed by atoms with E-state index in [1.807, 2.05) is 35.7 Å². The molecule has 0 N–H and O–H groups in total. The molecule has 80 valence electrons. The molecule has 0 saturated heterocycles. The van der Waals surface area contributed by atoms with Gasteiger partial charge in [-0.05, 0) is 29.3 Å². The quantitative estimate of drug-likeness (QED) is 0.731. The molecular formula is C14H12OS. The van der Waals surface area contributed by atoms with Gasteiger partial charge < -0.3 is 0 Å². The molecule has 2 unspecified atom stereocenters. The second-order valence-corrected chi connectivity index (χ2v) is 5.15. The Kier molecular flexibility index (Phi) is 2.37. The SMILES string of the molecule is O=C(c1cccs1)C1CC1c1ccccc1. The van der Waals surface area contributed by atoms with Gasteiger partial charge in [0.2, 0.25) is 0 Å².